The molecule has 0 saturated heterocycles. The van der Waals surface area contributed by atoms with Gasteiger partial charge in [-0.05, 0) is 24.1 Å². The van der Waals surface area contributed by atoms with E-state index in [-0.39, 0.29) is 0 Å². The van der Waals surface area contributed by atoms with Gasteiger partial charge >= 0.3 is 0 Å². The first-order chi connectivity index (χ1) is 10.4. The van der Waals surface area contributed by atoms with Crippen LogP contribution >= 0.6 is 0 Å². The standard InChI is InChI=1S/C17H19N3O/c1-21-12-6-10-16-19-15-9-5-11-18-17(15)20(16)13-14-7-3-2-4-8-14/h2-5,7-9,11H,6,10,12-13H2,1H3. The molecule has 0 fully saturated rings. The highest BCUT2D eigenvalue weighted by Crippen LogP contribution is 2.17. The van der Waals surface area contributed by atoms with Crippen LogP contribution in [0.15, 0.2) is 48.7 Å². The largest absolute Gasteiger partial charge is 0.385 e. The van der Waals surface area contributed by atoms with Crippen LogP contribution in [0.3, 0.4) is 0 Å². The van der Waals surface area contributed by atoms with E-state index in [1.807, 2.05) is 24.4 Å². The maximum Gasteiger partial charge on any atom is 0.160 e. The summed E-state index contributed by atoms with van der Waals surface area (Å²) in [4.78, 5) is 9.22. The van der Waals surface area contributed by atoms with Crippen LogP contribution in [-0.4, -0.2) is 28.3 Å². The molecule has 0 aliphatic heterocycles. The zero-order valence-electron chi connectivity index (χ0n) is 12.2. The number of aryl methyl sites for hydroxylation is 1. The Labute approximate surface area is 124 Å². The second-order valence-corrected chi connectivity index (χ2v) is 5.04. The molecule has 108 valence electrons. The number of hydrogen-bond acceptors (Lipinski definition) is 3. The van der Waals surface area contributed by atoms with Gasteiger partial charge in [0.05, 0.1) is 6.54 Å². The van der Waals surface area contributed by atoms with E-state index in [0.717, 1.165) is 43.0 Å². The van der Waals surface area contributed by atoms with Crippen molar-refractivity contribution in [1.82, 2.24) is 14.5 Å². The van der Waals surface area contributed by atoms with Gasteiger partial charge in [0.2, 0.25) is 0 Å². The molecule has 4 heteroatoms. The zero-order valence-corrected chi connectivity index (χ0v) is 12.2. The molecule has 0 unspecified atom stereocenters. The van der Waals surface area contributed by atoms with Crippen LogP contribution in [0.4, 0.5) is 0 Å². The second-order valence-electron chi connectivity index (χ2n) is 5.04. The second kappa shape index (κ2) is 6.50. The first-order valence-corrected chi connectivity index (χ1v) is 7.21. The number of nitrogens with zero attached hydrogens (tertiary/aromatic N) is 3. The van der Waals surface area contributed by atoms with E-state index in [2.05, 4.69) is 33.8 Å². The number of aromatic nitrogens is 3. The predicted octanol–water partition coefficient (Wildman–Crippen LogP) is 3.06. The van der Waals surface area contributed by atoms with Crippen LogP contribution in [0.2, 0.25) is 0 Å². The van der Waals surface area contributed by atoms with Crippen molar-refractivity contribution in [2.45, 2.75) is 19.4 Å². The van der Waals surface area contributed by atoms with Crippen molar-refractivity contribution in [3.05, 3.63) is 60.0 Å². The Morgan fingerprint density at radius 1 is 1.10 bits per heavy atom. The van der Waals surface area contributed by atoms with Crippen LogP contribution in [0.1, 0.15) is 17.8 Å². The summed E-state index contributed by atoms with van der Waals surface area (Å²) in [5, 5.41) is 0. The Kier molecular flexibility index (Phi) is 4.26. The quantitative estimate of drug-likeness (QED) is 0.652. The monoisotopic (exact) mass is 281 g/mol. The third-order valence-electron chi connectivity index (χ3n) is 3.52. The van der Waals surface area contributed by atoms with Crippen molar-refractivity contribution in [2.75, 3.05) is 13.7 Å². The van der Waals surface area contributed by atoms with E-state index >= 15 is 0 Å². The molecule has 3 aromatic rings. The summed E-state index contributed by atoms with van der Waals surface area (Å²) in [5.41, 5.74) is 3.17. The Morgan fingerprint density at radius 2 is 1.95 bits per heavy atom. The normalized spacial score (nSPS) is 11.1. The van der Waals surface area contributed by atoms with Gasteiger partial charge in [-0.3, -0.25) is 0 Å². The minimum atomic E-state index is 0.752. The first kappa shape index (κ1) is 13.8. The molecule has 0 N–H and O–H groups in total. The van der Waals surface area contributed by atoms with Crippen molar-refractivity contribution in [3.8, 4) is 0 Å². The number of imidazole rings is 1. The van der Waals surface area contributed by atoms with Crippen molar-refractivity contribution < 1.29 is 4.74 Å². The number of pyridine rings is 1. The topological polar surface area (TPSA) is 39.9 Å². The molecule has 2 heterocycles. The molecule has 4 nitrogen and oxygen atoms in total. The van der Waals surface area contributed by atoms with Crippen molar-refractivity contribution in [1.29, 1.82) is 0 Å². The molecular weight excluding hydrogens is 262 g/mol. The number of benzene rings is 1. The summed E-state index contributed by atoms with van der Waals surface area (Å²) < 4.78 is 7.35. The highest BCUT2D eigenvalue weighted by molar-refractivity contribution is 5.71. The summed E-state index contributed by atoms with van der Waals surface area (Å²) in [5.74, 6) is 1.07. The van der Waals surface area contributed by atoms with E-state index in [1.54, 1.807) is 7.11 Å². The maximum absolute atomic E-state index is 5.14. The summed E-state index contributed by atoms with van der Waals surface area (Å²) in [6.07, 6.45) is 3.69. The molecule has 0 aliphatic rings. The molecule has 0 aliphatic carbocycles. The van der Waals surface area contributed by atoms with E-state index in [0.29, 0.717) is 0 Å². The lowest BCUT2D eigenvalue weighted by molar-refractivity contribution is 0.194. The molecule has 21 heavy (non-hydrogen) atoms. The number of methoxy groups -OCH3 is 1. The highest BCUT2D eigenvalue weighted by atomic mass is 16.5. The lowest BCUT2D eigenvalue weighted by atomic mass is 10.2. The van der Waals surface area contributed by atoms with Gasteiger partial charge in [0, 0.05) is 26.3 Å². The van der Waals surface area contributed by atoms with E-state index < -0.39 is 0 Å². The number of fused-ring (bicyclic) bond motifs is 1. The Hall–Kier alpha value is -2.20. The minimum Gasteiger partial charge on any atom is -0.385 e. The third kappa shape index (κ3) is 3.11. The molecule has 0 saturated carbocycles. The van der Waals surface area contributed by atoms with Crippen molar-refractivity contribution in [2.24, 2.45) is 0 Å². The summed E-state index contributed by atoms with van der Waals surface area (Å²) >= 11 is 0. The maximum atomic E-state index is 5.14. The van der Waals surface area contributed by atoms with Crippen LogP contribution in [-0.2, 0) is 17.7 Å². The third-order valence-corrected chi connectivity index (χ3v) is 3.52. The minimum absolute atomic E-state index is 0.752. The average molecular weight is 281 g/mol. The first-order valence-electron chi connectivity index (χ1n) is 7.21. The van der Waals surface area contributed by atoms with E-state index in [9.17, 15) is 0 Å². The van der Waals surface area contributed by atoms with Crippen molar-refractivity contribution >= 4 is 11.2 Å². The van der Waals surface area contributed by atoms with Gasteiger partial charge in [0.1, 0.15) is 11.3 Å². The molecule has 0 bridgehead atoms. The molecule has 0 atom stereocenters. The van der Waals surface area contributed by atoms with Gasteiger partial charge < -0.3 is 9.30 Å². The van der Waals surface area contributed by atoms with E-state index in [1.165, 1.54) is 5.56 Å². The average Bonchev–Trinajstić information content (AvgIpc) is 2.87. The molecule has 1 aromatic carbocycles. The smallest absolute Gasteiger partial charge is 0.160 e. The lowest BCUT2D eigenvalue weighted by Gasteiger charge is -2.08. The molecule has 0 radical (unpaired) electrons. The van der Waals surface area contributed by atoms with Crippen LogP contribution in [0, 0.1) is 0 Å². The molecular formula is C17H19N3O. The summed E-state index contributed by atoms with van der Waals surface area (Å²) in [6, 6.07) is 14.4. The molecule has 2 aromatic heterocycles. The van der Waals surface area contributed by atoms with Gasteiger partial charge in [-0.15, -0.1) is 0 Å². The SMILES string of the molecule is COCCCc1nc2cccnc2n1Cc1ccccc1. The number of hydrogen-bond donors (Lipinski definition) is 0. The number of ether oxygens (including phenoxy) is 1. The van der Waals surface area contributed by atoms with Gasteiger partial charge in [0.25, 0.3) is 0 Å². The fraction of sp³-hybridized carbons (Fsp3) is 0.294. The lowest BCUT2D eigenvalue weighted by Crippen LogP contribution is -2.07. The Bertz CT molecular complexity index is 706. The molecule has 0 amide bonds. The molecule has 0 spiro atoms. The summed E-state index contributed by atoms with van der Waals surface area (Å²) in [6.45, 7) is 1.55. The zero-order chi connectivity index (χ0) is 14.5. The van der Waals surface area contributed by atoms with Crippen LogP contribution < -0.4 is 0 Å². The van der Waals surface area contributed by atoms with Gasteiger partial charge in [-0.1, -0.05) is 30.3 Å². The summed E-state index contributed by atoms with van der Waals surface area (Å²) in [7, 11) is 1.73. The Morgan fingerprint density at radius 3 is 2.76 bits per heavy atom. The Balaban J connectivity index is 1.95. The van der Waals surface area contributed by atoms with Crippen molar-refractivity contribution in [3.63, 3.8) is 0 Å². The van der Waals surface area contributed by atoms with Gasteiger partial charge in [0.15, 0.2) is 5.65 Å². The van der Waals surface area contributed by atoms with Gasteiger partial charge in [-0.25, -0.2) is 9.97 Å². The predicted molar refractivity (Wildman–Crippen MR) is 83.3 cm³/mol. The van der Waals surface area contributed by atoms with Crippen LogP contribution in [0.5, 0.6) is 0 Å². The fourth-order valence-electron chi connectivity index (χ4n) is 2.50. The molecule has 3 rings (SSSR count). The van der Waals surface area contributed by atoms with Crippen LogP contribution in [0.25, 0.3) is 11.2 Å². The highest BCUT2D eigenvalue weighted by Gasteiger charge is 2.11. The number of rotatable bonds is 6. The van der Waals surface area contributed by atoms with Gasteiger partial charge in [-0.2, -0.15) is 0 Å². The fourth-order valence-corrected chi connectivity index (χ4v) is 2.50. The van der Waals surface area contributed by atoms with E-state index in [4.69, 9.17) is 9.72 Å².